The van der Waals surface area contributed by atoms with Crippen LogP contribution in [0.15, 0.2) is 51.7 Å². The molecule has 2 saturated heterocycles. The summed E-state index contributed by atoms with van der Waals surface area (Å²) in [6.07, 6.45) is -11.1. The summed E-state index contributed by atoms with van der Waals surface area (Å²) in [4.78, 5) is 24.7. The van der Waals surface area contributed by atoms with Crippen LogP contribution in [0.4, 0.5) is 0 Å². The second-order valence-electron chi connectivity index (χ2n) is 10.7. The third-order valence-electron chi connectivity index (χ3n) is 7.66. The van der Waals surface area contributed by atoms with E-state index in [0.717, 1.165) is 6.07 Å². The number of rotatable bonds is 10. The van der Waals surface area contributed by atoms with Gasteiger partial charge in [0.2, 0.25) is 6.29 Å². The topological polar surface area (TPSA) is 213 Å². The number of aliphatic hydroxyl groups is 5. The molecule has 0 aliphatic carbocycles. The summed E-state index contributed by atoms with van der Waals surface area (Å²) in [6.45, 7) is 0.143. The van der Waals surface area contributed by atoms with Gasteiger partial charge in [0.25, 0.3) is 0 Å². The average Bonchev–Trinajstić information content (AvgIpc) is 3.31. The van der Waals surface area contributed by atoms with Gasteiger partial charge >= 0.3 is 11.6 Å². The van der Waals surface area contributed by atoms with Crippen LogP contribution < -0.4 is 19.8 Å². The van der Waals surface area contributed by atoms with Gasteiger partial charge in [-0.15, -0.1) is 0 Å². The summed E-state index contributed by atoms with van der Waals surface area (Å²) < 4.78 is 43.2. The molecule has 45 heavy (non-hydrogen) atoms. The van der Waals surface area contributed by atoms with Crippen molar-refractivity contribution < 1.29 is 67.9 Å². The van der Waals surface area contributed by atoms with Crippen molar-refractivity contribution in [2.75, 3.05) is 34.0 Å². The summed E-state index contributed by atoms with van der Waals surface area (Å²) in [7, 11) is 2.85. The molecular formula is C30H34O15. The van der Waals surface area contributed by atoms with Gasteiger partial charge in [-0.1, -0.05) is 12.1 Å². The molecule has 0 saturated carbocycles. The van der Waals surface area contributed by atoms with Gasteiger partial charge < -0.3 is 63.1 Å². The number of carbonyl (C=O) groups is 1. The highest BCUT2D eigenvalue weighted by atomic mass is 16.7. The van der Waals surface area contributed by atoms with Crippen molar-refractivity contribution in [1.29, 1.82) is 0 Å². The first kappa shape index (κ1) is 32.6. The average molecular weight is 635 g/mol. The highest BCUT2D eigenvalue weighted by molar-refractivity contribution is 5.90. The molecule has 15 nitrogen and oxygen atoms in total. The van der Waals surface area contributed by atoms with E-state index >= 15 is 0 Å². The maximum absolute atomic E-state index is 12.6. The van der Waals surface area contributed by atoms with Crippen molar-refractivity contribution >= 4 is 16.9 Å². The molecule has 5 N–H and O–H groups in total. The van der Waals surface area contributed by atoms with Crippen LogP contribution in [0.25, 0.3) is 11.0 Å². The second-order valence-corrected chi connectivity index (χ2v) is 10.7. The molecule has 3 aromatic rings. The van der Waals surface area contributed by atoms with Crippen LogP contribution in [0.2, 0.25) is 0 Å². The fraction of sp³-hybridized carbons (Fsp3) is 0.467. The zero-order chi connectivity index (χ0) is 32.5. The number of ether oxygens (including phenoxy) is 7. The lowest BCUT2D eigenvalue weighted by atomic mass is 9.99. The number of hydrogen-bond acceptors (Lipinski definition) is 15. The summed E-state index contributed by atoms with van der Waals surface area (Å²) in [5.41, 5.74) is -1.72. The van der Waals surface area contributed by atoms with Gasteiger partial charge in [0.05, 0.1) is 44.4 Å². The Morgan fingerprint density at radius 2 is 1.71 bits per heavy atom. The molecule has 2 aromatic carbocycles. The van der Waals surface area contributed by atoms with Crippen LogP contribution in [-0.2, 0) is 18.9 Å². The number of benzene rings is 2. The number of carbonyl (C=O) groups excluding carboxylic acids is 1. The molecule has 0 radical (unpaired) electrons. The van der Waals surface area contributed by atoms with Gasteiger partial charge in [0.1, 0.15) is 48.5 Å². The van der Waals surface area contributed by atoms with Crippen molar-refractivity contribution in [2.24, 2.45) is 0 Å². The predicted molar refractivity (Wildman–Crippen MR) is 151 cm³/mol. The van der Waals surface area contributed by atoms with E-state index in [1.807, 2.05) is 0 Å². The first-order valence-electron chi connectivity index (χ1n) is 13.9. The smallest absolute Gasteiger partial charge is 0.339 e. The number of hydrogen-bond donors (Lipinski definition) is 5. The van der Waals surface area contributed by atoms with Gasteiger partial charge in [-0.3, -0.25) is 0 Å². The summed E-state index contributed by atoms with van der Waals surface area (Å²) in [5.74, 6) is -0.0968. The summed E-state index contributed by atoms with van der Waals surface area (Å²) in [5, 5.41) is 53.8. The van der Waals surface area contributed by atoms with E-state index in [-0.39, 0.29) is 16.9 Å². The quantitative estimate of drug-likeness (QED) is 0.142. The molecule has 2 aliphatic rings. The number of aliphatic hydroxyl groups excluding tert-OH is 4. The Morgan fingerprint density at radius 3 is 2.44 bits per heavy atom. The van der Waals surface area contributed by atoms with Gasteiger partial charge in [0.15, 0.2) is 23.4 Å². The molecule has 0 unspecified atom stereocenters. The Morgan fingerprint density at radius 1 is 0.956 bits per heavy atom. The molecule has 244 valence electrons. The van der Waals surface area contributed by atoms with Crippen LogP contribution in [-0.4, -0.2) is 114 Å². The van der Waals surface area contributed by atoms with E-state index < -0.39 is 80.1 Å². The summed E-state index contributed by atoms with van der Waals surface area (Å²) >= 11 is 0. The van der Waals surface area contributed by atoms with Crippen LogP contribution in [0, 0.1) is 6.92 Å². The fourth-order valence-corrected chi connectivity index (χ4v) is 5.08. The minimum atomic E-state index is -2.04. The van der Waals surface area contributed by atoms with E-state index in [2.05, 4.69) is 0 Å². The Bertz CT molecular complexity index is 1570. The van der Waals surface area contributed by atoms with E-state index in [0.29, 0.717) is 22.4 Å². The number of methoxy groups -OCH3 is 2. The Hall–Kier alpha value is -3.80. The van der Waals surface area contributed by atoms with Gasteiger partial charge in [-0.25, -0.2) is 9.59 Å². The SMILES string of the molecule is COc1ccc(C(=O)OC[C@@]2(O)CO[C@@H](OC[C@H]3O[C@@H](Oc4cc(=O)oc5cccc(C)c45)[C@H](O)[C@@H](O)[C@@H]3O)[C@@H]2O)cc1OC. The minimum Gasteiger partial charge on any atom is -0.493 e. The van der Waals surface area contributed by atoms with E-state index in [1.165, 1.54) is 32.4 Å². The van der Waals surface area contributed by atoms with Gasteiger partial charge in [-0.05, 0) is 36.8 Å². The molecule has 0 spiro atoms. The largest absolute Gasteiger partial charge is 0.493 e. The summed E-state index contributed by atoms with van der Waals surface area (Å²) in [6, 6.07) is 10.4. The maximum Gasteiger partial charge on any atom is 0.339 e. The zero-order valence-electron chi connectivity index (χ0n) is 24.5. The van der Waals surface area contributed by atoms with E-state index in [4.69, 9.17) is 37.6 Å². The number of aryl methyl sites for hydroxylation is 1. The predicted octanol–water partition coefficient (Wildman–Crippen LogP) is -0.373. The van der Waals surface area contributed by atoms with Crippen molar-refractivity contribution in [3.05, 3.63) is 64.0 Å². The normalized spacial score (nSPS) is 29.8. The Balaban J connectivity index is 1.21. The standard InChI is InChI=1S/C30H34O15/c1-14-5-4-6-17-22(14)19(10-21(31)43-17)44-28-25(34)24(33)23(32)20(45-28)11-40-29-26(35)30(37,13-42-29)12-41-27(36)15-7-8-16(38-2)18(9-15)39-3/h4-10,20,23-26,28-29,32-35,37H,11-13H2,1-3H3/t20-,23-,24+,25-,26+,28-,29-,30-/m1/s1. The highest BCUT2D eigenvalue weighted by Crippen LogP contribution is 2.33. The molecule has 3 heterocycles. The van der Waals surface area contributed by atoms with Gasteiger partial charge in [-0.2, -0.15) is 0 Å². The highest BCUT2D eigenvalue weighted by Gasteiger charge is 2.51. The van der Waals surface area contributed by atoms with Crippen molar-refractivity contribution in [1.82, 2.24) is 0 Å². The third-order valence-corrected chi connectivity index (χ3v) is 7.66. The maximum atomic E-state index is 12.6. The first-order valence-corrected chi connectivity index (χ1v) is 13.9. The lowest BCUT2D eigenvalue weighted by Gasteiger charge is -2.40. The molecule has 2 aliphatic heterocycles. The van der Waals surface area contributed by atoms with Crippen LogP contribution >= 0.6 is 0 Å². The Kier molecular flexibility index (Phi) is 9.62. The zero-order valence-corrected chi connectivity index (χ0v) is 24.5. The van der Waals surface area contributed by atoms with E-state index in [1.54, 1.807) is 25.1 Å². The van der Waals surface area contributed by atoms with Crippen LogP contribution in [0.3, 0.4) is 0 Å². The van der Waals surface area contributed by atoms with Crippen LogP contribution in [0.5, 0.6) is 17.2 Å². The molecular weight excluding hydrogens is 600 g/mol. The van der Waals surface area contributed by atoms with Gasteiger partial charge in [0, 0.05) is 0 Å². The molecule has 5 rings (SSSR count). The third kappa shape index (κ3) is 6.61. The fourth-order valence-electron chi connectivity index (χ4n) is 5.08. The second kappa shape index (κ2) is 13.3. The number of fused-ring (bicyclic) bond motifs is 1. The minimum absolute atomic E-state index is 0.0221. The molecule has 0 amide bonds. The lowest BCUT2D eigenvalue weighted by Crippen LogP contribution is -2.60. The Labute approximate surface area is 256 Å². The lowest BCUT2D eigenvalue weighted by molar-refractivity contribution is -0.289. The monoisotopic (exact) mass is 634 g/mol. The molecule has 8 atom stereocenters. The molecule has 15 heteroatoms. The van der Waals surface area contributed by atoms with Crippen molar-refractivity contribution in [3.63, 3.8) is 0 Å². The molecule has 2 fully saturated rings. The van der Waals surface area contributed by atoms with E-state index in [9.17, 15) is 35.1 Å². The first-order chi connectivity index (χ1) is 21.4. The van der Waals surface area contributed by atoms with Crippen LogP contribution in [0.1, 0.15) is 15.9 Å². The number of esters is 1. The molecule has 1 aromatic heterocycles. The molecule has 0 bridgehead atoms. The van der Waals surface area contributed by atoms with Crippen molar-refractivity contribution in [2.45, 2.75) is 55.6 Å². The van der Waals surface area contributed by atoms with Crippen molar-refractivity contribution in [3.8, 4) is 17.2 Å².